The second kappa shape index (κ2) is 6.76. The molecule has 4 rings (SSSR count). The average molecular weight is 366 g/mol. The molecule has 1 amide bonds. The number of methoxy groups -OCH3 is 1. The molecule has 3 aromatic rings. The normalized spacial score (nSPS) is 12.9. The Bertz CT molecular complexity index is 1010. The molecule has 0 fully saturated rings. The number of aromatic amines is 1. The van der Waals surface area contributed by atoms with Gasteiger partial charge >= 0.3 is 0 Å². The van der Waals surface area contributed by atoms with Crippen LogP contribution in [0, 0.1) is 4.77 Å². The maximum atomic E-state index is 12.9. The number of nitrogens with zero attached hydrogens (tertiary/aromatic N) is 3. The highest BCUT2D eigenvalue weighted by molar-refractivity contribution is 7.71. The highest BCUT2D eigenvalue weighted by Gasteiger charge is 2.25. The minimum atomic E-state index is 0.00205. The van der Waals surface area contributed by atoms with E-state index in [2.05, 4.69) is 16.3 Å². The van der Waals surface area contributed by atoms with Crippen molar-refractivity contribution in [3.8, 4) is 17.1 Å². The largest absolute Gasteiger partial charge is 0.497 e. The van der Waals surface area contributed by atoms with Crippen LogP contribution in [0.5, 0.6) is 5.75 Å². The summed E-state index contributed by atoms with van der Waals surface area (Å²) in [4.78, 5) is 14.7. The summed E-state index contributed by atoms with van der Waals surface area (Å²) in [5.41, 5.74) is 3.05. The van der Waals surface area contributed by atoms with Gasteiger partial charge in [-0.25, -0.2) is 0 Å². The molecule has 6 nitrogen and oxygen atoms in total. The molecular weight excluding hydrogens is 348 g/mol. The van der Waals surface area contributed by atoms with Gasteiger partial charge in [0, 0.05) is 17.8 Å². The van der Waals surface area contributed by atoms with E-state index in [1.807, 2.05) is 47.4 Å². The fraction of sp³-hybridized carbons (Fsp3) is 0.211. The number of para-hydroxylation sites is 1. The van der Waals surface area contributed by atoms with Crippen LogP contribution in [0.3, 0.4) is 0 Å². The van der Waals surface area contributed by atoms with Crippen molar-refractivity contribution in [3.05, 3.63) is 58.9 Å². The zero-order valence-corrected chi connectivity index (χ0v) is 15.1. The molecule has 0 bridgehead atoms. The van der Waals surface area contributed by atoms with Crippen LogP contribution in [0.4, 0.5) is 5.69 Å². The van der Waals surface area contributed by atoms with Crippen molar-refractivity contribution in [1.29, 1.82) is 0 Å². The Labute approximate surface area is 156 Å². The Morgan fingerprint density at radius 2 is 2.00 bits per heavy atom. The number of amides is 1. The number of nitrogens with one attached hydrogen (secondary N) is 1. The summed E-state index contributed by atoms with van der Waals surface area (Å²) in [6.45, 7) is 0.840. The van der Waals surface area contributed by atoms with Crippen LogP contribution >= 0.6 is 12.2 Å². The van der Waals surface area contributed by atoms with Gasteiger partial charge < -0.3 is 9.64 Å². The minimum Gasteiger partial charge on any atom is -0.497 e. The van der Waals surface area contributed by atoms with Crippen molar-refractivity contribution in [1.82, 2.24) is 14.8 Å². The number of benzene rings is 2. The van der Waals surface area contributed by atoms with Crippen LogP contribution in [0.15, 0.2) is 48.5 Å². The van der Waals surface area contributed by atoms with E-state index < -0.39 is 0 Å². The van der Waals surface area contributed by atoms with Gasteiger partial charge in [-0.3, -0.25) is 14.5 Å². The number of rotatable bonds is 4. The van der Waals surface area contributed by atoms with Crippen molar-refractivity contribution in [3.63, 3.8) is 0 Å². The van der Waals surface area contributed by atoms with Crippen molar-refractivity contribution in [2.75, 3.05) is 18.6 Å². The van der Waals surface area contributed by atoms with E-state index in [1.165, 1.54) is 5.56 Å². The monoisotopic (exact) mass is 366 g/mol. The van der Waals surface area contributed by atoms with Gasteiger partial charge in [0.1, 0.15) is 12.3 Å². The van der Waals surface area contributed by atoms with E-state index in [0.717, 1.165) is 23.4 Å². The van der Waals surface area contributed by atoms with Gasteiger partial charge in [0.25, 0.3) is 0 Å². The number of hydrogen-bond acceptors (Lipinski definition) is 4. The van der Waals surface area contributed by atoms with Gasteiger partial charge in [-0.05, 0) is 54.5 Å². The van der Waals surface area contributed by atoms with Gasteiger partial charge in [-0.2, -0.15) is 5.10 Å². The highest BCUT2D eigenvalue weighted by Crippen LogP contribution is 2.28. The molecule has 1 N–H and O–H groups in total. The lowest BCUT2D eigenvalue weighted by molar-refractivity contribution is -0.119. The molecule has 0 radical (unpaired) electrons. The molecule has 2 aromatic carbocycles. The molecule has 0 atom stereocenters. The molecule has 0 saturated carbocycles. The van der Waals surface area contributed by atoms with Gasteiger partial charge in [-0.1, -0.05) is 18.2 Å². The summed E-state index contributed by atoms with van der Waals surface area (Å²) in [6.07, 6.45) is 0.879. The Morgan fingerprint density at radius 3 is 2.77 bits per heavy atom. The Morgan fingerprint density at radius 1 is 1.23 bits per heavy atom. The lowest BCUT2D eigenvalue weighted by Gasteiger charge is -2.18. The van der Waals surface area contributed by atoms with Gasteiger partial charge in [0.2, 0.25) is 5.91 Å². The van der Waals surface area contributed by atoms with Gasteiger partial charge in [0.15, 0.2) is 10.6 Å². The molecule has 1 aliphatic heterocycles. The third-order valence-electron chi connectivity index (χ3n) is 4.59. The lowest BCUT2D eigenvalue weighted by Crippen LogP contribution is -2.32. The minimum absolute atomic E-state index is 0.00205. The van der Waals surface area contributed by atoms with Crippen molar-refractivity contribution in [2.45, 2.75) is 13.0 Å². The predicted molar refractivity (Wildman–Crippen MR) is 102 cm³/mol. The smallest absolute Gasteiger partial charge is 0.247 e. The number of anilines is 1. The van der Waals surface area contributed by atoms with Crippen LogP contribution in [0.2, 0.25) is 0 Å². The predicted octanol–water partition coefficient (Wildman–Crippen LogP) is 3.21. The first-order valence-corrected chi connectivity index (χ1v) is 8.76. The topological polar surface area (TPSA) is 63.1 Å². The number of carbonyl (C=O) groups excluding carboxylic acids is 1. The van der Waals surface area contributed by atoms with Crippen LogP contribution in [-0.4, -0.2) is 34.3 Å². The lowest BCUT2D eigenvalue weighted by atomic mass is 10.2. The van der Waals surface area contributed by atoms with Gasteiger partial charge in [-0.15, -0.1) is 0 Å². The van der Waals surface area contributed by atoms with E-state index in [9.17, 15) is 4.79 Å². The number of H-pyrrole nitrogens is 1. The van der Waals surface area contributed by atoms with Gasteiger partial charge in [0.05, 0.1) is 7.11 Å². The first kappa shape index (κ1) is 16.5. The first-order chi connectivity index (χ1) is 12.7. The molecule has 26 heavy (non-hydrogen) atoms. The summed E-state index contributed by atoms with van der Waals surface area (Å²) >= 11 is 5.34. The second-order valence-electron chi connectivity index (χ2n) is 6.09. The third kappa shape index (κ3) is 2.90. The number of aromatic nitrogens is 3. The second-order valence-corrected chi connectivity index (χ2v) is 6.48. The van der Waals surface area contributed by atoms with E-state index in [4.69, 9.17) is 17.0 Å². The summed E-state index contributed by atoms with van der Waals surface area (Å²) in [5.74, 6) is 1.40. The van der Waals surface area contributed by atoms with E-state index >= 15 is 0 Å². The van der Waals surface area contributed by atoms with Crippen LogP contribution in [0.25, 0.3) is 11.4 Å². The molecule has 2 heterocycles. The average Bonchev–Trinajstić information content (AvgIpc) is 3.26. The Hall–Kier alpha value is -2.93. The number of carbonyl (C=O) groups is 1. The van der Waals surface area contributed by atoms with E-state index in [0.29, 0.717) is 17.1 Å². The maximum absolute atomic E-state index is 12.9. The van der Waals surface area contributed by atoms with Crippen LogP contribution in [0.1, 0.15) is 5.56 Å². The third-order valence-corrected chi connectivity index (χ3v) is 4.90. The van der Waals surface area contributed by atoms with Crippen molar-refractivity contribution >= 4 is 23.8 Å². The van der Waals surface area contributed by atoms with Crippen LogP contribution in [-0.2, 0) is 17.8 Å². The first-order valence-electron chi connectivity index (χ1n) is 8.35. The maximum Gasteiger partial charge on any atom is 0.247 e. The Kier molecular flexibility index (Phi) is 4.30. The molecule has 0 spiro atoms. The molecule has 0 aliphatic carbocycles. The summed E-state index contributed by atoms with van der Waals surface area (Å²) in [6, 6.07) is 15.5. The highest BCUT2D eigenvalue weighted by atomic mass is 32.1. The summed E-state index contributed by atoms with van der Waals surface area (Å²) < 4.78 is 7.35. The van der Waals surface area contributed by atoms with Crippen LogP contribution < -0.4 is 9.64 Å². The Balaban J connectivity index is 1.62. The fourth-order valence-electron chi connectivity index (χ4n) is 3.24. The number of hydrogen-bond donors (Lipinski definition) is 1. The number of fused-ring (bicyclic) bond motifs is 1. The standard InChI is InChI=1S/C19H18N4O2S/c1-25-15-8-6-14(7-9-15)18-20-21-19(26)23(18)12-17(24)22-11-10-13-4-2-3-5-16(13)22/h2-9H,10-12H2,1H3,(H,21,26). The van der Waals surface area contributed by atoms with E-state index in [1.54, 1.807) is 11.7 Å². The zero-order chi connectivity index (χ0) is 18.1. The summed E-state index contributed by atoms with van der Waals surface area (Å²) in [7, 11) is 1.62. The molecule has 0 unspecified atom stereocenters. The van der Waals surface area contributed by atoms with Crippen molar-refractivity contribution in [2.24, 2.45) is 0 Å². The number of ether oxygens (including phenoxy) is 1. The molecule has 7 heteroatoms. The molecule has 132 valence electrons. The quantitative estimate of drug-likeness (QED) is 0.720. The SMILES string of the molecule is COc1ccc(-c2n[nH]c(=S)n2CC(=O)N2CCc3ccccc32)cc1. The molecule has 1 aromatic heterocycles. The fourth-order valence-corrected chi connectivity index (χ4v) is 3.44. The summed E-state index contributed by atoms with van der Waals surface area (Å²) in [5, 5.41) is 7.09. The van der Waals surface area contributed by atoms with Crippen molar-refractivity contribution < 1.29 is 9.53 Å². The van der Waals surface area contributed by atoms with E-state index in [-0.39, 0.29) is 12.5 Å². The zero-order valence-electron chi connectivity index (χ0n) is 14.3. The molecule has 1 aliphatic rings. The molecular formula is C19H18N4O2S. The molecule has 0 saturated heterocycles.